The number of amides is 1. The summed E-state index contributed by atoms with van der Waals surface area (Å²) in [5.74, 6) is 0.167. The number of aromatic nitrogens is 1. The highest BCUT2D eigenvalue weighted by Crippen LogP contribution is 2.25. The number of nitrogens with one attached hydrogen (secondary N) is 1. The summed E-state index contributed by atoms with van der Waals surface area (Å²) in [6, 6.07) is 12.2. The van der Waals surface area contributed by atoms with E-state index in [0.29, 0.717) is 12.2 Å². The normalized spacial score (nSPS) is 12.0. The number of carbonyl (C=O) groups is 1. The minimum atomic E-state index is -0.111. The number of carbonyl (C=O) groups excluding carboxylic acids is 1. The maximum atomic E-state index is 12.2. The molecule has 2 aromatic heterocycles. The zero-order chi connectivity index (χ0) is 15.4. The minimum Gasteiger partial charge on any atom is -0.350 e. The lowest BCUT2D eigenvalue weighted by molar-refractivity contribution is 0.0947. The molecule has 0 spiro atoms. The van der Waals surface area contributed by atoms with E-state index in [-0.39, 0.29) is 11.8 Å². The largest absolute Gasteiger partial charge is 0.350 e. The molecule has 1 N–H and O–H groups in total. The van der Waals surface area contributed by atoms with Crippen molar-refractivity contribution in [3.63, 3.8) is 0 Å². The van der Waals surface area contributed by atoms with Crippen molar-refractivity contribution < 1.29 is 4.79 Å². The van der Waals surface area contributed by atoms with E-state index in [9.17, 15) is 4.79 Å². The molecule has 0 aliphatic carbocycles. The van der Waals surface area contributed by atoms with E-state index in [1.54, 1.807) is 11.3 Å². The molecule has 0 aliphatic heterocycles. The maximum Gasteiger partial charge on any atom is 0.270 e. The third-order valence-corrected chi connectivity index (χ3v) is 5.02. The Morgan fingerprint density at radius 2 is 2.05 bits per heavy atom. The summed E-state index contributed by atoms with van der Waals surface area (Å²) in [6.07, 6.45) is 0. The molecule has 1 atom stereocenters. The number of hydrogen-bond donors (Lipinski definition) is 1. The molecule has 0 saturated heterocycles. The second-order valence-electron chi connectivity index (χ2n) is 5.07. The van der Waals surface area contributed by atoms with Crippen LogP contribution in [0.1, 0.15) is 28.9 Å². The number of nitrogens with zero attached hydrogens (tertiary/aromatic N) is 1. The SMILES string of the molecule is CC(CNC(=O)c1csc(-c2ccsc2)n1)c1ccccc1. The Hall–Kier alpha value is -1.98. The third-order valence-electron chi connectivity index (χ3n) is 3.44. The van der Waals surface area contributed by atoms with Gasteiger partial charge in [0.1, 0.15) is 10.7 Å². The van der Waals surface area contributed by atoms with Crippen molar-refractivity contribution in [2.75, 3.05) is 6.54 Å². The van der Waals surface area contributed by atoms with E-state index >= 15 is 0 Å². The zero-order valence-corrected chi connectivity index (χ0v) is 13.8. The molecule has 3 nitrogen and oxygen atoms in total. The Morgan fingerprint density at radius 3 is 2.77 bits per heavy atom. The van der Waals surface area contributed by atoms with E-state index in [0.717, 1.165) is 10.6 Å². The fraction of sp³-hybridized carbons (Fsp3) is 0.176. The van der Waals surface area contributed by atoms with Crippen molar-refractivity contribution in [2.24, 2.45) is 0 Å². The average molecular weight is 328 g/mol. The lowest BCUT2D eigenvalue weighted by Crippen LogP contribution is -2.27. The first kappa shape index (κ1) is 14.9. The van der Waals surface area contributed by atoms with Crippen LogP contribution in [0.25, 0.3) is 10.6 Å². The van der Waals surface area contributed by atoms with E-state index in [2.05, 4.69) is 29.4 Å². The van der Waals surface area contributed by atoms with Crippen LogP contribution >= 0.6 is 22.7 Å². The van der Waals surface area contributed by atoms with Gasteiger partial charge in [0, 0.05) is 22.9 Å². The van der Waals surface area contributed by atoms with Crippen LogP contribution in [0.3, 0.4) is 0 Å². The molecule has 1 unspecified atom stereocenters. The molecular weight excluding hydrogens is 312 g/mol. The summed E-state index contributed by atoms with van der Waals surface area (Å²) in [7, 11) is 0. The van der Waals surface area contributed by atoms with E-state index < -0.39 is 0 Å². The molecule has 2 heterocycles. The zero-order valence-electron chi connectivity index (χ0n) is 12.2. The van der Waals surface area contributed by atoms with Crippen molar-refractivity contribution >= 4 is 28.6 Å². The van der Waals surface area contributed by atoms with Gasteiger partial charge in [-0.25, -0.2) is 4.98 Å². The van der Waals surface area contributed by atoms with Crippen LogP contribution in [-0.4, -0.2) is 17.4 Å². The molecule has 1 amide bonds. The average Bonchev–Trinajstić information content (AvgIpc) is 3.23. The molecule has 3 rings (SSSR count). The van der Waals surface area contributed by atoms with Crippen LogP contribution in [0, 0.1) is 0 Å². The Kier molecular flexibility index (Phi) is 4.65. The van der Waals surface area contributed by atoms with Crippen LogP contribution in [0.4, 0.5) is 0 Å². The van der Waals surface area contributed by atoms with Gasteiger partial charge >= 0.3 is 0 Å². The lowest BCUT2D eigenvalue weighted by atomic mass is 10.0. The van der Waals surface area contributed by atoms with Crippen LogP contribution in [0.15, 0.2) is 52.5 Å². The molecule has 5 heteroatoms. The summed E-state index contributed by atoms with van der Waals surface area (Å²) in [5, 5.41) is 9.72. The van der Waals surface area contributed by atoms with Crippen molar-refractivity contribution in [1.29, 1.82) is 0 Å². The smallest absolute Gasteiger partial charge is 0.270 e. The maximum absolute atomic E-state index is 12.2. The molecule has 0 saturated carbocycles. The predicted octanol–water partition coefficient (Wildman–Crippen LogP) is 4.41. The Balaban J connectivity index is 1.61. The van der Waals surface area contributed by atoms with Gasteiger partial charge in [-0.1, -0.05) is 37.3 Å². The van der Waals surface area contributed by atoms with Gasteiger partial charge in [0.15, 0.2) is 0 Å². The Labute approximate surface area is 137 Å². The first-order valence-corrected chi connectivity index (χ1v) is 8.87. The standard InChI is InChI=1S/C17H16N2OS2/c1-12(13-5-3-2-4-6-13)9-18-16(20)15-11-22-17(19-15)14-7-8-21-10-14/h2-8,10-12H,9H2,1H3,(H,18,20). The summed E-state index contributed by atoms with van der Waals surface area (Å²) in [5.41, 5.74) is 2.79. The van der Waals surface area contributed by atoms with Gasteiger partial charge in [-0.3, -0.25) is 4.79 Å². The van der Waals surface area contributed by atoms with E-state index in [1.165, 1.54) is 16.9 Å². The number of benzene rings is 1. The monoisotopic (exact) mass is 328 g/mol. The summed E-state index contributed by atoms with van der Waals surface area (Å²) in [4.78, 5) is 16.6. The molecule has 22 heavy (non-hydrogen) atoms. The highest BCUT2D eigenvalue weighted by atomic mass is 32.1. The van der Waals surface area contributed by atoms with Gasteiger partial charge < -0.3 is 5.32 Å². The minimum absolute atomic E-state index is 0.111. The van der Waals surface area contributed by atoms with Gasteiger partial charge in [0.2, 0.25) is 0 Å². The van der Waals surface area contributed by atoms with Gasteiger partial charge in [0.25, 0.3) is 5.91 Å². The van der Waals surface area contributed by atoms with Crippen molar-refractivity contribution in [3.8, 4) is 10.6 Å². The van der Waals surface area contributed by atoms with Gasteiger partial charge in [-0.2, -0.15) is 11.3 Å². The van der Waals surface area contributed by atoms with Gasteiger partial charge in [-0.05, 0) is 22.9 Å². The lowest BCUT2D eigenvalue weighted by Gasteiger charge is -2.12. The first-order valence-electron chi connectivity index (χ1n) is 7.05. The van der Waals surface area contributed by atoms with Crippen LogP contribution in [0.2, 0.25) is 0 Å². The van der Waals surface area contributed by atoms with Crippen molar-refractivity contribution in [3.05, 3.63) is 63.8 Å². The Morgan fingerprint density at radius 1 is 1.23 bits per heavy atom. The molecule has 112 valence electrons. The topological polar surface area (TPSA) is 42.0 Å². The second kappa shape index (κ2) is 6.85. The number of thiazole rings is 1. The molecule has 0 fully saturated rings. The van der Waals surface area contributed by atoms with Crippen molar-refractivity contribution in [2.45, 2.75) is 12.8 Å². The highest BCUT2D eigenvalue weighted by Gasteiger charge is 2.13. The third kappa shape index (κ3) is 3.43. The van der Waals surface area contributed by atoms with Crippen LogP contribution < -0.4 is 5.32 Å². The number of thiophene rings is 1. The van der Waals surface area contributed by atoms with Crippen LogP contribution in [0.5, 0.6) is 0 Å². The van der Waals surface area contributed by atoms with E-state index in [4.69, 9.17) is 0 Å². The fourth-order valence-corrected chi connectivity index (χ4v) is 3.64. The molecule has 3 aromatic rings. The summed E-state index contributed by atoms with van der Waals surface area (Å²) in [6.45, 7) is 2.71. The predicted molar refractivity (Wildman–Crippen MR) is 92.6 cm³/mol. The van der Waals surface area contributed by atoms with Crippen LogP contribution in [-0.2, 0) is 0 Å². The first-order chi connectivity index (χ1) is 10.7. The fourth-order valence-electron chi connectivity index (χ4n) is 2.13. The Bertz CT molecular complexity index is 735. The highest BCUT2D eigenvalue weighted by molar-refractivity contribution is 7.14. The molecule has 0 aliphatic rings. The molecule has 0 radical (unpaired) electrons. The summed E-state index contributed by atoms with van der Waals surface area (Å²) < 4.78 is 0. The molecule has 1 aromatic carbocycles. The molecular formula is C17H16N2OS2. The number of hydrogen-bond acceptors (Lipinski definition) is 4. The van der Waals surface area contributed by atoms with Gasteiger partial charge in [-0.15, -0.1) is 11.3 Å². The van der Waals surface area contributed by atoms with Crippen molar-refractivity contribution in [1.82, 2.24) is 10.3 Å². The molecule has 0 bridgehead atoms. The summed E-state index contributed by atoms with van der Waals surface area (Å²) >= 11 is 3.13. The van der Waals surface area contributed by atoms with Gasteiger partial charge in [0.05, 0.1) is 0 Å². The second-order valence-corrected chi connectivity index (χ2v) is 6.71. The number of rotatable bonds is 5. The van der Waals surface area contributed by atoms with E-state index in [1.807, 2.05) is 40.4 Å². The quantitative estimate of drug-likeness (QED) is 0.754.